The lowest BCUT2D eigenvalue weighted by atomic mass is 10.1. The molecular weight excluding hydrogens is 294 g/mol. The van der Waals surface area contributed by atoms with Crippen molar-refractivity contribution in [2.24, 2.45) is 0 Å². The van der Waals surface area contributed by atoms with Gasteiger partial charge < -0.3 is 16.2 Å². The molecule has 0 bridgehead atoms. The fraction of sp³-hybridized carbons (Fsp3) is 0.308. The van der Waals surface area contributed by atoms with E-state index < -0.39 is 0 Å². The molecule has 2 aromatic rings. The Morgan fingerprint density at radius 2 is 2.22 bits per heavy atom. The molecule has 94 valence electrons. The van der Waals surface area contributed by atoms with Crippen molar-refractivity contribution in [2.75, 3.05) is 17.7 Å². The number of nitrogens with zero attached hydrogens (tertiary/aromatic N) is 1. The predicted octanol–water partition coefficient (Wildman–Crippen LogP) is 2.52. The highest BCUT2D eigenvalue weighted by Gasteiger charge is 2.42. The number of nitrogens with one attached hydrogen (secondary N) is 1. The van der Waals surface area contributed by atoms with Gasteiger partial charge in [0.05, 0.1) is 23.3 Å². The van der Waals surface area contributed by atoms with E-state index in [1.807, 2.05) is 18.2 Å². The number of benzene rings is 1. The number of aliphatic hydroxyl groups is 1. The Balaban J connectivity index is 2.10. The van der Waals surface area contributed by atoms with Crippen LogP contribution in [0.1, 0.15) is 12.8 Å². The first-order chi connectivity index (χ1) is 8.63. The third kappa shape index (κ3) is 1.93. The van der Waals surface area contributed by atoms with E-state index in [2.05, 4.69) is 26.2 Å². The lowest BCUT2D eigenvalue weighted by molar-refractivity contribution is 0.266. The van der Waals surface area contributed by atoms with Gasteiger partial charge in [0.15, 0.2) is 0 Å². The van der Waals surface area contributed by atoms with E-state index in [9.17, 15) is 5.11 Å². The average molecular weight is 308 g/mol. The van der Waals surface area contributed by atoms with E-state index in [0.717, 1.165) is 33.9 Å². The van der Waals surface area contributed by atoms with Crippen molar-refractivity contribution < 1.29 is 5.11 Å². The number of anilines is 2. The van der Waals surface area contributed by atoms with E-state index in [1.54, 1.807) is 6.20 Å². The van der Waals surface area contributed by atoms with Gasteiger partial charge in [0.1, 0.15) is 0 Å². The number of rotatable bonds is 3. The highest BCUT2D eigenvalue weighted by molar-refractivity contribution is 9.10. The van der Waals surface area contributed by atoms with Gasteiger partial charge in [-0.15, -0.1) is 0 Å². The minimum atomic E-state index is -0.155. The molecule has 4 nitrogen and oxygen atoms in total. The normalized spacial score (nSPS) is 16.8. The smallest absolute Gasteiger partial charge is 0.0954 e. The van der Waals surface area contributed by atoms with E-state index >= 15 is 0 Å². The van der Waals surface area contributed by atoms with Crippen molar-refractivity contribution in [1.82, 2.24) is 4.98 Å². The summed E-state index contributed by atoms with van der Waals surface area (Å²) in [7, 11) is 0. The first kappa shape index (κ1) is 11.7. The minimum Gasteiger partial charge on any atom is -0.398 e. The fourth-order valence-corrected chi connectivity index (χ4v) is 2.41. The van der Waals surface area contributed by atoms with E-state index in [4.69, 9.17) is 5.73 Å². The molecule has 0 spiro atoms. The van der Waals surface area contributed by atoms with Crippen molar-refractivity contribution in [3.63, 3.8) is 0 Å². The molecule has 1 fully saturated rings. The molecule has 0 saturated heterocycles. The van der Waals surface area contributed by atoms with E-state index in [-0.39, 0.29) is 12.1 Å². The van der Waals surface area contributed by atoms with Crippen molar-refractivity contribution in [3.8, 4) is 0 Å². The maximum atomic E-state index is 9.37. The summed E-state index contributed by atoms with van der Waals surface area (Å²) < 4.78 is 0.905. The predicted molar refractivity (Wildman–Crippen MR) is 76.5 cm³/mol. The molecule has 1 aromatic heterocycles. The number of pyridine rings is 1. The Hall–Kier alpha value is -1.33. The molecule has 0 radical (unpaired) electrons. The molecule has 1 heterocycles. The molecule has 1 aromatic carbocycles. The first-order valence-corrected chi connectivity index (χ1v) is 6.66. The van der Waals surface area contributed by atoms with Crippen LogP contribution in [0.5, 0.6) is 0 Å². The number of nitrogens with two attached hydrogens (primary N) is 1. The van der Waals surface area contributed by atoms with Crippen LogP contribution in [0.4, 0.5) is 11.4 Å². The van der Waals surface area contributed by atoms with Gasteiger partial charge in [-0.2, -0.15) is 0 Å². The van der Waals surface area contributed by atoms with Gasteiger partial charge in [-0.25, -0.2) is 0 Å². The number of fused-ring (bicyclic) bond motifs is 1. The molecule has 0 amide bonds. The van der Waals surface area contributed by atoms with Crippen molar-refractivity contribution >= 4 is 38.2 Å². The monoisotopic (exact) mass is 307 g/mol. The Bertz CT molecular complexity index is 610. The SMILES string of the molecule is Nc1ccc(NC2(CO)CC2)c2ncc(Br)cc12. The number of nitrogen functional groups attached to an aromatic ring is 1. The average Bonchev–Trinajstić information content (AvgIpc) is 3.14. The van der Waals surface area contributed by atoms with Gasteiger partial charge in [-0.05, 0) is 47.0 Å². The van der Waals surface area contributed by atoms with Gasteiger partial charge >= 0.3 is 0 Å². The summed E-state index contributed by atoms with van der Waals surface area (Å²) in [6, 6.07) is 5.75. The zero-order valence-electron chi connectivity index (χ0n) is 9.78. The minimum absolute atomic E-state index is 0.148. The van der Waals surface area contributed by atoms with Crippen LogP contribution in [0.3, 0.4) is 0 Å². The molecule has 0 atom stereocenters. The molecule has 0 unspecified atom stereocenters. The summed E-state index contributed by atoms with van der Waals surface area (Å²) in [5.74, 6) is 0. The Kier molecular flexibility index (Phi) is 2.68. The quantitative estimate of drug-likeness (QED) is 0.762. The van der Waals surface area contributed by atoms with Gasteiger partial charge in [-0.3, -0.25) is 4.98 Å². The Labute approximate surface area is 113 Å². The molecule has 0 aliphatic heterocycles. The van der Waals surface area contributed by atoms with Crippen LogP contribution >= 0.6 is 15.9 Å². The van der Waals surface area contributed by atoms with Crippen molar-refractivity contribution in [1.29, 1.82) is 0 Å². The maximum absolute atomic E-state index is 9.37. The zero-order valence-corrected chi connectivity index (χ0v) is 11.4. The second-order valence-electron chi connectivity index (χ2n) is 4.82. The van der Waals surface area contributed by atoms with Crippen LogP contribution in [0, 0.1) is 0 Å². The summed E-state index contributed by atoms with van der Waals surface area (Å²) in [4.78, 5) is 4.42. The standard InChI is InChI=1S/C13H14BrN3O/c14-8-5-9-10(15)1-2-11(12(9)16-6-8)17-13(7-18)3-4-13/h1-2,5-6,17-18H,3-4,7,15H2. The molecule has 1 saturated carbocycles. The van der Waals surface area contributed by atoms with E-state index in [0.29, 0.717) is 5.69 Å². The second-order valence-corrected chi connectivity index (χ2v) is 5.73. The lowest BCUT2D eigenvalue weighted by Crippen LogP contribution is -2.25. The first-order valence-electron chi connectivity index (χ1n) is 5.86. The van der Waals surface area contributed by atoms with Gasteiger partial charge in [0, 0.05) is 21.7 Å². The van der Waals surface area contributed by atoms with Crippen molar-refractivity contribution in [2.45, 2.75) is 18.4 Å². The number of aliphatic hydroxyl groups excluding tert-OH is 1. The zero-order chi connectivity index (χ0) is 12.8. The van der Waals surface area contributed by atoms with Crippen LogP contribution in [-0.4, -0.2) is 22.2 Å². The largest absolute Gasteiger partial charge is 0.398 e. The summed E-state index contributed by atoms with van der Waals surface area (Å²) in [5, 5.41) is 13.7. The van der Waals surface area contributed by atoms with Crippen LogP contribution in [0.25, 0.3) is 10.9 Å². The van der Waals surface area contributed by atoms with Crippen LogP contribution in [0.2, 0.25) is 0 Å². The number of hydrogen-bond donors (Lipinski definition) is 3. The molecule has 5 heteroatoms. The fourth-order valence-electron chi connectivity index (χ4n) is 2.08. The summed E-state index contributed by atoms with van der Waals surface area (Å²) in [6.45, 7) is 0.148. The molecule has 1 aliphatic carbocycles. The van der Waals surface area contributed by atoms with E-state index in [1.165, 1.54) is 0 Å². The second kappa shape index (κ2) is 4.10. The topological polar surface area (TPSA) is 71.2 Å². The molecule has 4 N–H and O–H groups in total. The molecule has 3 rings (SSSR count). The maximum Gasteiger partial charge on any atom is 0.0954 e. The lowest BCUT2D eigenvalue weighted by Gasteiger charge is -2.17. The highest BCUT2D eigenvalue weighted by atomic mass is 79.9. The van der Waals surface area contributed by atoms with Gasteiger partial charge in [0.2, 0.25) is 0 Å². The number of hydrogen-bond acceptors (Lipinski definition) is 4. The number of aromatic nitrogens is 1. The van der Waals surface area contributed by atoms with Gasteiger partial charge in [0.25, 0.3) is 0 Å². The summed E-state index contributed by atoms with van der Waals surface area (Å²) in [6.07, 6.45) is 3.74. The molecule has 1 aliphatic rings. The summed E-state index contributed by atoms with van der Waals surface area (Å²) >= 11 is 3.40. The highest BCUT2D eigenvalue weighted by Crippen LogP contribution is 2.40. The van der Waals surface area contributed by atoms with Crippen LogP contribution < -0.4 is 11.1 Å². The Morgan fingerprint density at radius 3 is 2.89 bits per heavy atom. The molecule has 18 heavy (non-hydrogen) atoms. The van der Waals surface area contributed by atoms with Gasteiger partial charge in [-0.1, -0.05) is 0 Å². The summed E-state index contributed by atoms with van der Waals surface area (Å²) in [5.41, 5.74) is 8.29. The molecular formula is C13H14BrN3O. The third-order valence-corrected chi connectivity index (χ3v) is 3.84. The van der Waals surface area contributed by atoms with Crippen molar-refractivity contribution in [3.05, 3.63) is 28.9 Å². The number of halogens is 1. The Morgan fingerprint density at radius 1 is 1.44 bits per heavy atom. The van der Waals surface area contributed by atoms with Crippen LogP contribution in [0.15, 0.2) is 28.9 Å². The van der Waals surface area contributed by atoms with Crippen LogP contribution in [-0.2, 0) is 0 Å². The third-order valence-electron chi connectivity index (χ3n) is 3.41.